The molecule has 3 heterocycles. The van der Waals surface area contributed by atoms with Crippen molar-refractivity contribution in [1.82, 2.24) is 15.3 Å². The number of rotatable bonds is 3. The highest BCUT2D eigenvalue weighted by molar-refractivity contribution is 5.98. The summed E-state index contributed by atoms with van der Waals surface area (Å²) in [5, 5.41) is 8.00. The number of carbonyl (C=O) groups excluding carboxylic acids is 1. The van der Waals surface area contributed by atoms with Gasteiger partial charge >= 0.3 is 0 Å². The molecular weight excluding hydrogens is 338 g/mol. The summed E-state index contributed by atoms with van der Waals surface area (Å²) in [6.45, 7) is 3.93. The van der Waals surface area contributed by atoms with Crippen LogP contribution in [-0.2, 0) is 4.79 Å². The van der Waals surface area contributed by atoms with Crippen LogP contribution in [-0.4, -0.2) is 29.0 Å². The lowest BCUT2D eigenvalue weighted by Crippen LogP contribution is -2.23. The number of nitrogens with two attached hydrogens (primary N) is 1. The third-order valence-corrected chi connectivity index (χ3v) is 5.81. The highest BCUT2D eigenvalue weighted by Gasteiger charge is 2.56. The second kappa shape index (κ2) is 6.03. The Labute approximate surface area is 157 Å². The van der Waals surface area contributed by atoms with Gasteiger partial charge < -0.3 is 16.4 Å². The zero-order valence-electron chi connectivity index (χ0n) is 15.1. The maximum absolute atomic E-state index is 12.5. The van der Waals surface area contributed by atoms with Gasteiger partial charge in [-0.3, -0.25) is 4.79 Å². The van der Waals surface area contributed by atoms with E-state index in [0.29, 0.717) is 23.5 Å². The van der Waals surface area contributed by atoms with E-state index in [1.54, 1.807) is 6.20 Å². The van der Waals surface area contributed by atoms with E-state index >= 15 is 0 Å². The standard InChI is InChI=1S/C21H21N5O/c1-11-4-2-3-5-13(11)17-6-12-7-18(24-10-14(12)20(22)25-17)26-21(27)19-15-8-23-9-16(15)19/h2-7,10,15-16,19,23H,8-9H2,1H3,(H2,22,25)(H,24,26,27). The highest BCUT2D eigenvalue weighted by atomic mass is 16.2. The number of nitrogen functional groups attached to an aromatic ring is 1. The molecule has 3 aromatic rings. The third kappa shape index (κ3) is 2.73. The van der Waals surface area contributed by atoms with Crippen LogP contribution >= 0.6 is 0 Å². The summed E-state index contributed by atoms with van der Waals surface area (Å²) in [5.41, 5.74) is 9.18. The molecule has 1 aromatic carbocycles. The first kappa shape index (κ1) is 16.2. The smallest absolute Gasteiger partial charge is 0.229 e. The molecule has 2 aliphatic rings. The fourth-order valence-corrected chi connectivity index (χ4v) is 4.26. The van der Waals surface area contributed by atoms with Crippen molar-refractivity contribution in [2.75, 3.05) is 24.1 Å². The second-order valence-corrected chi connectivity index (χ2v) is 7.50. The SMILES string of the molecule is Cc1ccccc1-c1cc2cc(NC(=O)C3C4CNCC43)ncc2c(N)n1. The normalized spacial score (nSPS) is 23.2. The molecule has 4 N–H and O–H groups in total. The van der Waals surface area contributed by atoms with E-state index in [-0.39, 0.29) is 11.8 Å². The molecule has 6 nitrogen and oxygen atoms in total. The van der Waals surface area contributed by atoms with E-state index in [1.165, 1.54) is 0 Å². The molecule has 0 bridgehead atoms. The van der Waals surface area contributed by atoms with Gasteiger partial charge in [-0.25, -0.2) is 9.97 Å². The average Bonchev–Trinajstić information content (AvgIpc) is 3.14. The lowest BCUT2D eigenvalue weighted by Gasteiger charge is -2.11. The summed E-state index contributed by atoms with van der Waals surface area (Å²) >= 11 is 0. The van der Waals surface area contributed by atoms with Gasteiger partial charge in [0.1, 0.15) is 11.6 Å². The van der Waals surface area contributed by atoms with Gasteiger partial charge in [0, 0.05) is 23.1 Å². The van der Waals surface area contributed by atoms with Crippen molar-refractivity contribution in [3.05, 3.63) is 48.2 Å². The summed E-state index contributed by atoms with van der Waals surface area (Å²) in [5.74, 6) is 2.16. The molecule has 27 heavy (non-hydrogen) atoms. The molecule has 2 aromatic heterocycles. The number of hydrogen-bond donors (Lipinski definition) is 3. The summed E-state index contributed by atoms with van der Waals surface area (Å²) in [4.78, 5) is 21.4. The van der Waals surface area contributed by atoms with Crippen LogP contribution in [0.25, 0.3) is 22.0 Å². The van der Waals surface area contributed by atoms with E-state index in [4.69, 9.17) is 5.73 Å². The van der Waals surface area contributed by atoms with Crippen LogP contribution < -0.4 is 16.4 Å². The van der Waals surface area contributed by atoms with Gasteiger partial charge in [0.25, 0.3) is 0 Å². The van der Waals surface area contributed by atoms with Crippen molar-refractivity contribution in [2.24, 2.45) is 17.8 Å². The summed E-state index contributed by atoms with van der Waals surface area (Å²) in [7, 11) is 0. The molecule has 6 heteroatoms. The molecule has 2 atom stereocenters. The van der Waals surface area contributed by atoms with E-state index in [0.717, 1.165) is 40.7 Å². The topological polar surface area (TPSA) is 92.9 Å². The fraction of sp³-hybridized carbons (Fsp3) is 0.286. The van der Waals surface area contributed by atoms with Gasteiger partial charge in [-0.15, -0.1) is 0 Å². The second-order valence-electron chi connectivity index (χ2n) is 7.50. The zero-order valence-corrected chi connectivity index (χ0v) is 15.1. The Morgan fingerprint density at radius 3 is 2.78 bits per heavy atom. The number of aromatic nitrogens is 2. The van der Waals surface area contributed by atoms with E-state index in [2.05, 4.69) is 33.6 Å². The van der Waals surface area contributed by atoms with E-state index < -0.39 is 0 Å². The van der Waals surface area contributed by atoms with E-state index in [9.17, 15) is 4.79 Å². The summed E-state index contributed by atoms with van der Waals surface area (Å²) < 4.78 is 0. The number of fused-ring (bicyclic) bond motifs is 2. The van der Waals surface area contributed by atoms with Crippen LogP contribution in [0.5, 0.6) is 0 Å². The Morgan fingerprint density at radius 1 is 1.22 bits per heavy atom. The van der Waals surface area contributed by atoms with Crippen LogP contribution in [0.2, 0.25) is 0 Å². The molecule has 1 saturated carbocycles. The third-order valence-electron chi connectivity index (χ3n) is 5.81. The minimum atomic E-state index is 0.0690. The molecule has 1 amide bonds. The summed E-state index contributed by atoms with van der Waals surface area (Å²) in [6, 6.07) is 12.0. The number of amides is 1. The van der Waals surface area contributed by atoms with Gasteiger partial charge in [0.2, 0.25) is 5.91 Å². The van der Waals surface area contributed by atoms with Crippen molar-refractivity contribution in [3.8, 4) is 11.3 Å². The minimum absolute atomic E-state index is 0.0690. The Kier molecular flexibility index (Phi) is 3.62. The maximum atomic E-state index is 12.5. The van der Waals surface area contributed by atoms with Gasteiger partial charge in [0.15, 0.2) is 0 Å². The van der Waals surface area contributed by atoms with Crippen LogP contribution in [0.4, 0.5) is 11.6 Å². The Morgan fingerprint density at radius 2 is 2.00 bits per heavy atom. The predicted molar refractivity (Wildman–Crippen MR) is 106 cm³/mol. The van der Waals surface area contributed by atoms with E-state index in [1.807, 2.05) is 30.3 Å². The molecule has 5 rings (SSSR count). The number of aryl methyl sites for hydroxylation is 1. The van der Waals surface area contributed by atoms with Crippen molar-refractivity contribution in [3.63, 3.8) is 0 Å². The molecule has 0 radical (unpaired) electrons. The number of pyridine rings is 2. The monoisotopic (exact) mass is 359 g/mol. The molecule has 2 fully saturated rings. The Balaban J connectivity index is 1.47. The molecule has 0 spiro atoms. The zero-order chi connectivity index (χ0) is 18.5. The van der Waals surface area contributed by atoms with Gasteiger partial charge in [0.05, 0.1) is 5.69 Å². The van der Waals surface area contributed by atoms with Gasteiger partial charge in [-0.1, -0.05) is 24.3 Å². The molecule has 1 saturated heterocycles. The van der Waals surface area contributed by atoms with Gasteiger partial charge in [-0.2, -0.15) is 0 Å². The van der Waals surface area contributed by atoms with Crippen molar-refractivity contribution in [1.29, 1.82) is 0 Å². The van der Waals surface area contributed by atoms with Crippen LogP contribution in [0, 0.1) is 24.7 Å². The van der Waals surface area contributed by atoms with Crippen LogP contribution in [0.3, 0.4) is 0 Å². The number of benzene rings is 1. The number of nitrogens with one attached hydrogen (secondary N) is 2. The number of hydrogen-bond acceptors (Lipinski definition) is 5. The largest absolute Gasteiger partial charge is 0.383 e. The van der Waals surface area contributed by atoms with Crippen molar-refractivity contribution < 1.29 is 4.79 Å². The summed E-state index contributed by atoms with van der Waals surface area (Å²) in [6.07, 6.45) is 1.68. The number of carbonyl (C=O) groups is 1. The molecule has 136 valence electrons. The minimum Gasteiger partial charge on any atom is -0.383 e. The average molecular weight is 359 g/mol. The first-order valence-electron chi connectivity index (χ1n) is 9.25. The molecular formula is C21H21N5O. The molecule has 1 aliphatic heterocycles. The fourth-order valence-electron chi connectivity index (χ4n) is 4.26. The lowest BCUT2D eigenvalue weighted by atomic mass is 10.0. The maximum Gasteiger partial charge on any atom is 0.229 e. The first-order chi connectivity index (χ1) is 13.1. The highest BCUT2D eigenvalue weighted by Crippen LogP contribution is 2.49. The number of anilines is 2. The molecule has 2 unspecified atom stereocenters. The first-order valence-corrected chi connectivity index (χ1v) is 9.25. The van der Waals surface area contributed by atoms with Gasteiger partial charge in [-0.05, 0) is 54.9 Å². The number of piperidine rings is 1. The van der Waals surface area contributed by atoms with Crippen molar-refractivity contribution in [2.45, 2.75) is 6.92 Å². The Hall–Kier alpha value is -2.99. The van der Waals surface area contributed by atoms with Crippen molar-refractivity contribution >= 4 is 28.3 Å². The quantitative estimate of drug-likeness (QED) is 0.668. The predicted octanol–water partition coefficient (Wildman–Crippen LogP) is 2.59. The Bertz CT molecular complexity index is 1050. The lowest BCUT2D eigenvalue weighted by molar-refractivity contribution is -0.118. The number of nitrogens with zero attached hydrogens (tertiary/aromatic N) is 2. The van der Waals surface area contributed by atoms with Crippen LogP contribution in [0.1, 0.15) is 5.56 Å². The van der Waals surface area contributed by atoms with Crippen LogP contribution in [0.15, 0.2) is 42.6 Å². The molecule has 1 aliphatic carbocycles.